The van der Waals surface area contributed by atoms with E-state index >= 15 is 0 Å². The van der Waals surface area contributed by atoms with Crippen molar-refractivity contribution < 1.29 is 4.39 Å². The van der Waals surface area contributed by atoms with E-state index in [9.17, 15) is 4.39 Å². The second-order valence-electron chi connectivity index (χ2n) is 4.07. The van der Waals surface area contributed by atoms with Crippen molar-refractivity contribution in [3.05, 3.63) is 35.1 Å². The molecule has 0 fully saturated rings. The summed E-state index contributed by atoms with van der Waals surface area (Å²) in [5, 5.41) is 17.5. The molecule has 0 amide bonds. The van der Waals surface area contributed by atoms with E-state index in [1.54, 1.807) is 0 Å². The Bertz CT molecular complexity index is 469. The summed E-state index contributed by atoms with van der Waals surface area (Å²) < 4.78 is 13.6. The molecule has 0 radical (unpaired) electrons. The lowest BCUT2D eigenvalue weighted by molar-refractivity contribution is 0.237. The second-order valence-corrected chi connectivity index (χ2v) is 4.07. The molecule has 0 aliphatic carbocycles. The Morgan fingerprint density at radius 2 is 2.06 bits per heavy atom. The third-order valence-electron chi connectivity index (χ3n) is 2.55. The Labute approximate surface area is 101 Å². The molecule has 0 aliphatic heterocycles. The van der Waals surface area contributed by atoms with Gasteiger partial charge >= 0.3 is 0 Å². The van der Waals surface area contributed by atoms with Crippen molar-refractivity contribution in [2.24, 2.45) is 0 Å². The van der Waals surface area contributed by atoms with Gasteiger partial charge in [-0.05, 0) is 32.0 Å². The van der Waals surface area contributed by atoms with Crippen LogP contribution in [-0.2, 0) is 6.54 Å². The van der Waals surface area contributed by atoms with Crippen LogP contribution in [0.3, 0.4) is 0 Å². The van der Waals surface area contributed by atoms with Crippen molar-refractivity contribution in [2.75, 3.05) is 6.54 Å². The van der Waals surface area contributed by atoms with E-state index in [0.29, 0.717) is 17.7 Å². The van der Waals surface area contributed by atoms with Crippen LogP contribution in [0.15, 0.2) is 18.2 Å². The van der Waals surface area contributed by atoms with Crippen LogP contribution in [0.2, 0.25) is 0 Å². The highest BCUT2D eigenvalue weighted by Crippen LogP contribution is 2.14. The van der Waals surface area contributed by atoms with Crippen LogP contribution in [-0.4, -0.2) is 17.5 Å². The molecule has 0 saturated carbocycles. The van der Waals surface area contributed by atoms with Crippen molar-refractivity contribution in [3.63, 3.8) is 0 Å². The van der Waals surface area contributed by atoms with Gasteiger partial charge in [0.1, 0.15) is 5.82 Å². The zero-order valence-electron chi connectivity index (χ0n) is 9.94. The molecule has 0 aromatic heterocycles. The van der Waals surface area contributed by atoms with Crippen molar-refractivity contribution in [3.8, 4) is 12.1 Å². The molecule has 0 atom stereocenters. The first-order chi connectivity index (χ1) is 8.08. The Morgan fingerprint density at radius 3 is 2.59 bits per heavy atom. The smallest absolute Gasteiger partial charge is 0.127 e. The normalized spacial score (nSPS) is 10.3. The van der Waals surface area contributed by atoms with Crippen molar-refractivity contribution in [2.45, 2.75) is 26.4 Å². The number of rotatable bonds is 4. The van der Waals surface area contributed by atoms with E-state index in [1.807, 2.05) is 24.8 Å². The predicted molar refractivity (Wildman–Crippen MR) is 62.3 cm³/mol. The highest BCUT2D eigenvalue weighted by molar-refractivity contribution is 5.33. The summed E-state index contributed by atoms with van der Waals surface area (Å²) in [5.41, 5.74) is 0.884. The molecule has 3 nitrogen and oxygen atoms in total. The van der Waals surface area contributed by atoms with Crippen LogP contribution >= 0.6 is 0 Å². The number of halogens is 1. The molecule has 4 heteroatoms. The summed E-state index contributed by atoms with van der Waals surface area (Å²) in [7, 11) is 0. The summed E-state index contributed by atoms with van der Waals surface area (Å²) >= 11 is 0. The number of nitriles is 2. The molecule has 0 N–H and O–H groups in total. The van der Waals surface area contributed by atoms with Gasteiger partial charge in [-0.3, -0.25) is 4.90 Å². The monoisotopic (exact) mass is 231 g/mol. The molecule has 0 spiro atoms. The van der Waals surface area contributed by atoms with Gasteiger partial charge in [-0.2, -0.15) is 10.5 Å². The van der Waals surface area contributed by atoms with Crippen molar-refractivity contribution >= 4 is 0 Å². The molecule has 17 heavy (non-hydrogen) atoms. The fourth-order valence-electron chi connectivity index (χ4n) is 1.50. The van der Waals surface area contributed by atoms with Crippen LogP contribution in [0, 0.1) is 28.5 Å². The fraction of sp³-hybridized carbons (Fsp3) is 0.385. The van der Waals surface area contributed by atoms with Gasteiger partial charge in [0.15, 0.2) is 0 Å². The SMILES string of the molecule is CC(C)N(CC#N)Cc1cc(C#N)ccc1F. The average Bonchev–Trinajstić information content (AvgIpc) is 2.31. The van der Waals surface area contributed by atoms with Gasteiger partial charge < -0.3 is 0 Å². The fourth-order valence-corrected chi connectivity index (χ4v) is 1.50. The molecule has 88 valence electrons. The maximum Gasteiger partial charge on any atom is 0.127 e. The molecule has 1 aromatic carbocycles. The standard InChI is InChI=1S/C13H14FN3/c1-10(2)17(6-5-15)9-12-7-11(8-16)3-4-13(12)14/h3-4,7,10H,6,9H2,1-2H3. The zero-order chi connectivity index (χ0) is 12.8. The predicted octanol–water partition coefficient (Wildman–Crippen LogP) is 2.43. The topological polar surface area (TPSA) is 50.8 Å². The van der Waals surface area contributed by atoms with E-state index in [-0.39, 0.29) is 18.4 Å². The summed E-state index contributed by atoms with van der Waals surface area (Å²) in [4.78, 5) is 1.85. The van der Waals surface area contributed by atoms with E-state index in [0.717, 1.165) is 0 Å². The van der Waals surface area contributed by atoms with Crippen molar-refractivity contribution in [1.29, 1.82) is 10.5 Å². The third-order valence-corrected chi connectivity index (χ3v) is 2.55. The van der Waals surface area contributed by atoms with Crippen LogP contribution in [0.1, 0.15) is 25.0 Å². The van der Waals surface area contributed by atoms with Gasteiger partial charge in [-0.1, -0.05) is 0 Å². The van der Waals surface area contributed by atoms with Gasteiger partial charge in [0.2, 0.25) is 0 Å². The number of hydrogen-bond donors (Lipinski definition) is 0. The van der Waals surface area contributed by atoms with E-state index < -0.39 is 0 Å². The quantitative estimate of drug-likeness (QED) is 0.748. The van der Waals surface area contributed by atoms with Crippen LogP contribution in [0.25, 0.3) is 0 Å². The largest absolute Gasteiger partial charge is 0.284 e. The molecule has 0 unspecified atom stereocenters. The summed E-state index contributed by atoms with van der Waals surface area (Å²) in [6, 6.07) is 8.45. The summed E-state index contributed by atoms with van der Waals surface area (Å²) in [5.74, 6) is -0.340. The highest BCUT2D eigenvalue weighted by atomic mass is 19.1. The lowest BCUT2D eigenvalue weighted by Gasteiger charge is -2.23. The summed E-state index contributed by atoms with van der Waals surface area (Å²) in [6.07, 6.45) is 0. The first-order valence-corrected chi connectivity index (χ1v) is 5.38. The van der Waals surface area contributed by atoms with E-state index in [1.165, 1.54) is 18.2 Å². The van der Waals surface area contributed by atoms with Gasteiger partial charge in [-0.25, -0.2) is 4.39 Å². The van der Waals surface area contributed by atoms with Gasteiger partial charge in [0, 0.05) is 18.2 Å². The van der Waals surface area contributed by atoms with Crippen LogP contribution in [0.5, 0.6) is 0 Å². The molecule has 0 aliphatic rings. The van der Waals surface area contributed by atoms with Crippen LogP contribution in [0.4, 0.5) is 4.39 Å². The molecule has 0 bridgehead atoms. The highest BCUT2D eigenvalue weighted by Gasteiger charge is 2.12. The lowest BCUT2D eigenvalue weighted by atomic mass is 10.1. The van der Waals surface area contributed by atoms with Gasteiger partial charge in [-0.15, -0.1) is 0 Å². The van der Waals surface area contributed by atoms with Gasteiger partial charge in [0.05, 0.1) is 24.2 Å². The number of nitrogens with zero attached hydrogens (tertiary/aromatic N) is 3. The molecule has 0 heterocycles. The Hall–Kier alpha value is -1.91. The Kier molecular flexibility index (Phi) is 4.63. The first kappa shape index (κ1) is 13.2. The third kappa shape index (κ3) is 3.55. The van der Waals surface area contributed by atoms with E-state index in [4.69, 9.17) is 10.5 Å². The number of hydrogen-bond acceptors (Lipinski definition) is 3. The molecule has 1 aromatic rings. The molecule has 1 rings (SSSR count). The number of benzene rings is 1. The minimum atomic E-state index is -0.340. The molecular weight excluding hydrogens is 217 g/mol. The zero-order valence-corrected chi connectivity index (χ0v) is 9.94. The molecular formula is C13H14FN3. The second kappa shape index (κ2) is 5.98. The van der Waals surface area contributed by atoms with Gasteiger partial charge in [0.25, 0.3) is 0 Å². The minimum Gasteiger partial charge on any atom is -0.284 e. The van der Waals surface area contributed by atoms with Crippen LogP contribution < -0.4 is 0 Å². The average molecular weight is 231 g/mol. The lowest BCUT2D eigenvalue weighted by Crippen LogP contribution is -2.31. The maximum atomic E-state index is 13.6. The minimum absolute atomic E-state index is 0.153. The maximum absolute atomic E-state index is 13.6. The Morgan fingerprint density at radius 1 is 1.35 bits per heavy atom. The molecule has 0 saturated heterocycles. The summed E-state index contributed by atoms with van der Waals surface area (Å²) in [6.45, 7) is 4.48. The Balaban J connectivity index is 2.93. The van der Waals surface area contributed by atoms with Crippen molar-refractivity contribution in [1.82, 2.24) is 4.90 Å². The first-order valence-electron chi connectivity index (χ1n) is 5.38. The van der Waals surface area contributed by atoms with E-state index in [2.05, 4.69) is 6.07 Å².